The predicted octanol–water partition coefficient (Wildman–Crippen LogP) is 4.96. The molecule has 1 unspecified atom stereocenters. The second-order valence-electron chi connectivity index (χ2n) is 5.09. The Morgan fingerprint density at radius 3 is 2.92 bits per heavy atom. The summed E-state index contributed by atoms with van der Waals surface area (Å²) in [7, 11) is 0. The molecule has 2 heterocycles. The molecular weight excluding hydrogens is 358 g/mol. The van der Waals surface area contributed by atoms with Gasteiger partial charge in [0.05, 0.1) is 15.8 Å². The second kappa shape index (κ2) is 7.83. The lowest BCUT2D eigenvalue weighted by Crippen LogP contribution is -2.24. The summed E-state index contributed by atoms with van der Waals surface area (Å²) in [5, 5.41) is 7.37. The molecule has 0 aliphatic rings. The number of hydrogen-bond donors (Lipinski definition) is 2. The largest absolute Gasteiger partial charge is 0.399 e. The average molecular weight is 376 g/mol. The molecule has 0 fully saturated rings. The van der Waals surface area contributed by atoms with Gasteiger partial charge in [-0.15, -0.1) is 34.4 Å². The van der Waals surface area contributed by atoms with E-state index in [4.69, 9.17) is 5.73 Å². The van der Waals surface area contributed by atoms with Crippen LogP contribution >= 0.6 is 34.4 Å². The molecule has 7 heteroatoms. The smallest absolute Gasteiger partial charge is 0.239 e. The third kappa shape index (κ3) is 4.17. The topological polar surface area (TPSA) is 68.0 Å². The quantitative estimate of drug-likeness (QED) is 0.472. The number of rotatable bonds is 6. The Hall–Kier alpha value is -1.83. The first kappa shape index (κ1) is 17.0. The molecule has 2 aromatic heterocycles. The Morgan fingerprint density at radius 1 is 1.33 bits per heavy atom. The molecule has 0 saturated heterocycles. The van der Waals surface area contributed by atoms with Gasteiger partial charge < -0.3 is 11.1 Å². The number of carbonyl (C=O) groups excluding carboxylic acids is 1. The van der Waals surface area contributed by atoms with E-state index < -0.39 is 0 Å². The van der Waals surface area contributed by atoms with Crippen LogP contribution in [0.4, 0.5) is 10.8 Å². The highest BCUT2D eigenvalue weighted by molar-refractivity contribution is 8.00. The van der Waals surface area contributed by atoms with E-state index in [1.807, 2.05) is 54.1 Å². The molecule has 0 saturated carbocycles. The number of carbonyl (C=O) groups is 1. The van der Waals surface area contributed by atoms with Gasteiger partial charge in [0.25, 0.3) is 0 Å². The molecule has 1 aromatic carbocycles. The molecule has 0 bridgehead atoms. The first-order valence-corrected chi connectivity index (χ1v) is 10.1. The van der Waals surface area contributed by atoms with Crippen molar-refractivity contribution in [1.82, 2.24) is 4.98 Å². The zero-order valence-electron chi connectivity index (χ0n) is 13.1. The number of hydrogen-bond acceptors (Lipinski definition) is 6. The summed E-state index contributed by atoms with van der Waals surface area (Å²) in [6, 6.07) is 11.6. The molecule has 3 N–H and O–H groups in total. The third-order valence-corrected chi connectivity index (χ3v) is 6.32. The van der Waals surface area contributed by atoms with E-state index in [1.165, 1.54) is 23.1 Å². The first-order valence-electron chi connectivity index (χ1n) is 7.48. The van der Waals surface area contributed by atoms with Crippen molar-refractivity contribution in [2.75, 3.05) is 11.1 Å². The molecule has 0 radical (unpaired) electrons. The summed E-state index contributed by atoms with van der Waals surface area (Å²) in [5.74, 6) is -0.0306. The van der Waals surface area contributed by atoms with Crippen LogP contribution in [-0.2, 0) is 4.79 Å². The van der Waals surface area contributed by atoms with Crippen molar-refractivity contribution in [3.63, 3.8) is 0 Å². The molecule has 0 spiro atoms. The van der Waals surface area contributed by atoms with E-state index in [9.17, 15) is 4.79 Å². The van der Waals surface area contributed by atoms with E-state index in [0.717, 1.165) is 21.9 Å². The van der Waals surface area contributed by atoms with Crippen molar-refractivity contribution in [3.8, 4) is 10.6 Å². The van der Waals surface area contributed by atoms with Gasteiger partial charge in [-0.3, -0.25) is 4.79 Å². The van der Waals surface area contributed by atoms with Crippen LogP contribution in [-0.4, -0.2) is 16.1 Å². The Labute approximate surface area is 153 Å². The van der Waals surface area contributed by atoms with E-state index in [2.05, 4.69) is 10.3 Å². The third-order valence-electron chi connectivity index (χ3n) is 3.31. The van der Waals surface area contributed by atoms with Crippen LogP contribution in [0.15, 0.2) is 52.1 Å². The van der Waals surface area contributed by atoms with Gasteiger partial charge in [-0.25, -0.2) is 4.98 Å². The van der Waals surface area contributed by atoms with E-state index in [1.54, 1.807) is 11.3 Å². The van der Waals surface area contributed by atoms with Crippen molar-refractivity contribution in [2.45, 2.75) is 23.5 Å². The summed E-state index contributed by atoms with van der Waals surface area (Å²) in [4.78, 5) is 19.1. The molecule has 4 nitrogen and oxygen atoms in total. The van der Waals surface area contributed by atoms with E-state index in [-0.39, 0.29) is 11.2 Å². The summed E-state index contributed by atoms with van der Waals surface area (Å²) >= 11 is 4.61. The maximum atomic E-state index is 12.5. The van der Waals surface area contributed by atoms with Gasteiger partial charge in [-0.1, -0.05) is 19.1 Å². The summed E-state index contributed by atoms with van der Waals surface area (Å²) < 4.78 is 0. The minimum atomic E-state index is -0.180. The normalized spacial score (nSPS) is 12.0. The number of anilines is 2. The molecule has 0 aliphatic carbocycles. The van der Waals surface area contributed by atoms with Crippen molar-refractivity contribution in [3.05, 3.63) is 47.2 Å². The molecule has 1 amide bonds. The summed E-state index contributed by atoms with van der Waals surface area (Å²) in [6.07, 6.45) is 0.731. The molecule has 0 aliphatic heterocycles. The number of nitrogen functional groups attached to an aromatic ring is 1. The lowest BCUT2D eigenvalue weighted by Gasteiger charge is -2.13. The number of thiazole rings is 1. The highest BCUT2D eigenvalue weighted by atomic mass is 32.2. The number of benzene rings is 1. The SMILES string of the molecule is CCC(Sc1cccc(N)c1)C(=O)Nc1nc(-c2cccs2)cs1. The Morgan fingerprint density at radius 2 is 2.21 bits per heavy atom. The van der Waals surface area contributed by atoms with E-state index in [0.29, 0.717) is 10.8 Å². The van der Waals surface area contributed by atoms with Crippen LogP contribution in [0.1, 0.15) is 13.3 Å². The van der Waals surface area contributed by atoms with Crippen LogP contribution < -0.4 is 11.1 Å². The maximum absolute atomic E-state index is 12.5. The van der Waals surface area contributed by atoms with Gasteiger partial charge in [-0.05, 0) is 36.1 Å². The Balaban J connectivity index is 1.66. The Kier molecular flexibility index (Phi) is 5.55. The number of thiophene rings is 1. The van der Waals surface area contributed by atoms with Gasteiger partial charge in [0.2, 0.25) is 5.91 Å². The fourth-order valence-electron chi connectivity index (χ4n) is 2.13. The molecule has 1 atom stereocenters. The van der Waals surface area contributed by atoms with Crippen LogP contribution in [0.5, 0.6) is 0 Å². The second-order valence-corrected chi connectivity index (χ2v) is 8.17. The van der Waals surface area contributed by atoms with Crippen LogP contribution in [0, 0.1) is 0 Å². The van der Waals surface area contributed by atoms with Crippen molar-refractivity contribution in [1.29, 1.82) is 0 Å². The van der Waals surface area contributed by atoms with Crippen LogP contribution in [0.25, 0.3) is 10.6 Å². The minimum Gasteiger partial charge on any atom is -0.399 e. The minimum absolute atomic E-state index is 0.0306. The van der Waals surface area contributed by atoms with Crippen LogP contribution in [0.2, 0.25) is 0 Å². The van der Waals surface area contributed by atoms with Crippen molar-refractivity contribution >= 4 is 51.2 Å². The van der Waals surface area contributed by atoms with Gasteiger partial charge >= 0.3 is 0 Å². The zero-order chi connectivity index (χ0) is 16.9. The first-order chi connectivity index (χ1) is 11.7. The number of thioether (sulfide) groups is 1. The number of amides is 1. The molecule has 124 valence electrons. The summed E-state index contributed by atoms with van der Waals surface area (Å²) in [6.45, 7) is 2.00. The number of aromatic nitrogens is 1. The van der Waals surface area contributed by atoms with E-state index >= 15 is 0 Å². The molecule has 24 heavy (non-hydrogen) atoms. The molecular formula is C17H17N3OS3. The van der Waals surface area contributed by atoms with Gasteiger partial charge in [0, 0.05) is 16.0 Å². The van der Waals surface area contributed by atoms with Crippen LogP contribution in [0.3, 0.4) is 0 Å². The number of nitrogens with two attached hydrogens (primary N) is 1. The number of nitrogens with one attached hydrogen (secondary N) is 1. The predicted molar refractivity (Wildman–Crippen MR) is 105 cm³/mol. The number of nitrogens with zero attached hydrogens (tertiary/aromatic N) is 1. The molecule has 3 aromatic rings. The fraction of sp³-hybridized carbons (Fsp3) is 0.176. The van der Waals surface area contributed by atoms with Gasteiger partial charge in [-0.2, -0.15) is 0 Å². The summed E-state index contributed by atoms with van der Waals surface area (Å²) in [5.41, 5.74) is 7.41. The molecule has 3 rings (SSSR count). The lowest BCUT2D eigenvalue weighted by molar-refractivity contribution is -0.115. The van der Waals surface area contributed by atoms with Crippen molar-refractivity contribution in [2.24, 2.45) is 0 Å². The standard InChI is InChI=1S/C17H17N3OS3/c1-2-14(24-12-6-3-5-11(18)9-12)16(21)20-17-19-13(10-23-17)15-7-4-8-22-15/h3-10,14H,2,18H2,1H3,(H,19,20,21). The van der Waals surface area contributed by atoms with Gasteiger partial charge in [0.15, 0.2) is 5.13 Å². The lowest BCUT2D eigenvalue weighted by atomic mass is 10.3. The highest BCUT2D eigenvalue weighted by Crippen LogP contribution is 2.30. The fourth-order valence-corrected chi connectivity index (χ4v) is 4.63. The monoisotopic (exact) mass is 375 g/mol. The zero-order valence-corrected chi connectivity index (χ0v) is 15.5. The highest BCUT2D eigenvalue weighted by Gasteiger charge is 2.19. The van der Waals surface area contributed by atoms with Crippen molar-refractivity contribution < 1.29 is 4.79 Å². The maximum Gasteiger partial charge on any atom is 0.239 e. The van der Waals surface area contributed by atoms with Gasteiger partial charge in [0.1, 0.15) is 0 Å². The Bertz CT molecular complexity index is 814. The average Bonchev–Trinajstić information content (AvgIpc) is 3.23.